The van der Waals surface area contributed by atoms with Crippen LogP contribution in [0.5, 0.6) is 0 Å². The highest BCUT2D eigenvalue weighted by molar-refractivity contribution is 14.1. The van der Waals surface area contributed by atoms with Gasteiger partial charge in [0.25, 0.3) is 0 Å². The van der Waals surface area contributed by atoms with Crippen molar-refractivity contribution in [3.05, 3.63) is 51.4 Å². The van der Waals surface area contributed by atoms with Gasteiger partial charge in [-0.15, -0.1) is 0 Å². The van der Waals surface area contributed by atoms with Crippen molar-refractivity contribution >= 4 is 22.6 Å². The number of halogens is 1. The summed E-state index contributed by atoms with van der Waals surface area (Å²) >= 11 is 2.31. The van der Waals surface area contributed by atoms with Crippen molar-refractivity contribution in [2.45, 2.75) is 45.2 Å². The van der Waals surface area contributed by atoms with Crippen LogP contribution in [-0.4, -0.2) is 9.78 Å². The Morgan fingerprint density at radius 3 is 2.40 bits per heavy atom. The third kappa shape index (κ3) is 3.82. The van der Waals surface area contributed by atoms with Crippen molar-refractivity contribution < 1.29 is 0 Å². The third-order valence-corrected chi connectivity index (χ3v) is 4.43. The van der Waals surface area contributed by atoms with E-state index in [1.54, 1.807) is 0 Å². The van der Waals surface area contributed by atoms with Crippen LogP contribution in [-0.2, 0) is 6.42 Å². The van der Waals surface area contributed by atoms with Crippen LogP contribution in [0.1, 0.15) is 50.0 Å². The monoisotopic (exact) mass is 383 g/mol. The fourth-order valence-corrected chi connectivity index (χ4v) is 2.77. The number of hydrogen-bond acceptors (Lipinski definition) is 2. The molecule has 0 saturated heterocycles. The summed E-state index contributed by atoms with van der Waals surface area (Å²) in [5.41, 5.74) is 8.52. The van der Waals surface area contributed by atoms with Crippen LogP contribution in [0.25, 0.3) is 0 Å². The minimum absolute atomic E-state index is 0.0112. The van der Waals surface area contributed by atoms with Gasteiger partial charge in [-0.05, 0) is 59.2 Å². The highest BCUT2D eigenvalue weighted by Gasteiger charge is 2.12. The molecule has 2 aromatic rings. The molecule has 1 aromatic carbocycles. The van der Waals surface area contributed by atoms with Crippen LogP contribution >= 0.6 is 22.6 Å². The number of rotatable bonds is 6. The number of nitrogens with zero attached hydrogens (tertiary/aromatic N) is 2. The molecule has 3 nitrogen and oxygen atoms in total. The fourth-order valence-electron chi connectivity index (χ4n) is 2.41. The normalized spacial score (nSPS) is 12.8. The molecule has 0 bridgehead atoms. The zero-order chi connectivity index (χ0) is 14.5. The quantitative estimate of drug-likeness (QED) is 0.764. The lowest BCUT2D eigenvalue weighted by molar-refractivity contribution is 0.424. The van der Waals surface area contributed by atoms with Gasteiger partial charge < -0.3 is 5.73 Å². The molecular formula is C16H22IN3. The lowest BCUT2D eigenvalue weighted by Crippen LogP contribution is -2.14. The topological polar surface area (TPSA) is 43.8 Å². The molecule has 1 unspecified atom stereocenters. The van der Waals surface area contributed by atoms with Crippen molar-refractivity contribution in [3.8, 4) is 0 Å². The SMILES string of the molecule is CCC(CC)n1ccc(CC(N)c2ccc(I)cc2)n1. The van der Waals surface area contributed by atoms with E-state index >= 15 is 0 Å². The Bertz CT molecular complexity index is 529. The molecule has 0 aliphatic rings. The highest BCUT2D eigenvalue weighted by atomic mass is 127. The largest absolute Gasteiger partial charge is 0.324 e. The molecule has 4 heteroatoms. The molecule has 20 heavy (non-hydrogen) atoms. The fraction of sp³-hybridized carbons (Fsp3) is 0.438. The van der Waals surface area contributed by atoms with Crippen LogP contribution in [0.2, 0.25) is 0 Å². The molecule has 1 heterocycles. The molecule has 0 radical (unpaired) electrons. The van der Waals surface area contributed by atoms with Crippen LogP contribution in [0.15, 0.2) is 36.5 Å². The first-order valence-electron chi connectivity index (χ1n) is 7.19. The van der Waals surface area contributed by atoms with Crippen molar-refractivity contribution in [2.75, 3.05) is 0 Å². The van der Waals surface area contributed by atoms with Crippen molar-refractivity contribution in [1.82, 2.24) is 9.78 Å². The Kier molecular flexibility index (Phi) is 5.60. The average molecular weight is 383 g/mol. The molecule has 2 rings (SSSR count). The average Bonchev–Trinajstić information content (AvgIpc) is 2.89. The second-order valence-electron chi connectivity index (χ2n) is 5.12. The van der Waals surface area contributed by atoms with Gasteiger partial charge in [-0.25, -0.2) is 0 Å². The Morgan fingerprint density at radius 1 is 1.15 bits per heavy atom. The predicted octanol–water partition coefficient (Wildman–Crippen LogP) is 4.09. The summed E-state index contributed by atoms with van der Waals surface area (Å²) in [6.45, 7) is 4.40. The molecule has 0 saturated carbocycles. The van der Waals surface area contributed by atoms with Crippen molar-refractivity contribution in [3.63, 3.8) is 0 Å². The minimum atomic E-state index is 0.0112. The molecule has 0 amide bonds. The van der Waals surface area contributed by atoms with Gasteiger partial charge in [-0.3, -0.25) is 4.68 Å². The van der Waals surface area contributed by atoms with E-state index in [4.69, 9.17) is 5.73 Å². The van der Waals surface area contributed by atoms with Gasteiger partial charge in [0.05, 0.1) is 11.7 Å². The zero-order valence-electron chi connectivity index (χ0n) is 12.1. The first-order valence-corrected chi connectivity index (χ1v) is 8.27. The summed E-state index contributed by atoms with van der Waals surface area (Å²) in [6, 6.07) is 11.0. The predicted molar refractivity (Wildman–Crippen MR) is 91.6 cm³/mol. The molecule has 108 valence electrons. The maximum atomic E-state index is 6.28. The molecule has 1 aromatic heterocycles. The van der Waals surface area contributed by atoms with Gasteiger partial charge >= 0.3 is 0 Å². The summed E-state index contributed by atoms with van der Waals surface area (Å²) in [7, 11) is 0. The summed E-state index contributed by atoms with van der Waals surface area (Å²) < 4.78 is 3.31. The Hall–Kier alpha value is -0.880. The first kappa shape index (κ1) is 15.5. The molecule has 1 atom stereocenters. The lowest BCUT2D eigenvalue weighted by atomic mass is 10.0. The van der Waals surface area contributed by atoms with Crippen LogP contribution in [0, 0.1) is 3.57 Å². The van der Waals surface area contributed by atoms with E-state index in [9.17, 15) is 0 Å². The maximum absolute atomic E-state index is 6.28. The molecule has 0 spiro atoms. The van der Waals surface area contributed by atoms with Gasteiger partial charge in [-0.1, -0.05) is 26.0 Å². The smallest absolute Gasteiger partial charge is 0.0643 e. The van der Waals surface area contributed by atoms with E-state index in [-0.39, 0.29) is 6.04 Å². The van der Waals surface area contributed by atoms with Gasteiger partial charge in [0.2, 0.25) is 0 Å². The van der Waals surface area contributed by atoms with E-state index in [0.717, 1.165) is 25.0 Å². The lowest BCUT2D eigenvalue weighted by Gasteiger charge is -2.13. The molecule has 0 fully saturated rings. The van der Waals surface area contributed by atoms with Crippen LogP contribution < -0.4 is 5.73 Å². The van der Waals surface area contributed by atoms with E-state index < -0.39 is 0 Å². The van der Waals surface area contributed by atoms with Crippen LogP contribution in [0.4, 0.5) is 0 Å². The number of hydrogen-bond donors (Lipinski definition) is 1. The van der Waals surface area contributed by atoms with Crippen LogP contribution in [0.3, 0.4) is 0 Å². The second kappa shape index (κ2) is 7.22. The van der Waals surface area contributed by atoms with E-state index in [2.05, 4.69) is 82.7 Å². The van der Waals surface area contributed by atoms with E-state index in [0.29, 0.717) is 6.04 Å². The number of benzene rings is 1. The summed E-state index contributed by atoms with van der Waals surface area (Å²) in [5.74, 6) is 0. The van der Waals surface area contributed by atoms with Gasteiger partial charge in [0.1, 0.15) is 0 Å². The third-order valence-electron chi connectivity index (χ3n) is 3.71. The van der Waals surface area contributed by atoms with E-state index in [1.807, 2.05) is 0 Å². The zero-order valence-corrected chi connectivity index (χ0v) is 14.2. The summed E-state index contributed by atoms with van der Waals surface area (Å²) in [6.07, 6.45) is 5.09. The Balaban J connectivity index is 2.04. The minimum Gasteiger partial charge on any atom is -0.324 e. The summed E-state index contributed by atoms with van der Waals surface area (Å²) in [5, 5.41) is 4.67. The maximum Gasteiger partial charge on any atom is 0.0643 e. The molecule has 0 aliphatic carbocycles. The molecule has 0 aliphatic heterocycles. The van der Waals surface area contributed by atoms with Gasteiger partial charge in [-0.2, -0.15) is 5.10 Å². The summed E-state index contributed by atoms with van der Waals surface area (Å²) in [4.78, 5) is 0. The Labute approximate surface area is 134 Å². The standard InChI is InChI=1S/C16H22IN3/c1-3-15(4-2)20-10-9-14(19-20)11-16(18)12-5-7-13(17)8-6-12/h5-10,15-16H,3-4,11,18H2,1-2H3. The second-order valence-corrected chi connectivity index (χ2v) is 6.37. The van der Waals surface area contributed by atoms with Crippen molar-refractivity contribution in [1.29, 1.82) is 0 Å². The Morgan fingerprint density at radius 2 is 1.80 bits per heavy atom. The van der Waals surface area contributed by atoms with Crippen molar-refractivity contribution in [2.24, 2.45) is 5.73 Å². The first-order chi connectivity index (χ1) is 9.63. The van der Waals surface area contributed by atoms with Gasteiger partial charge in [0.15, 0.2) is 0 Å². The highest BCUT2D eigenvalue weighted by Crippen LogP contribution is 2.19. The number of aromatic nitrogens is 2. The molecule has 2 N–H and O–H groups in total. The van der Waals surface area contributed by atoms with E-state index in [1.165, 1.54) is 9.13 Å². The van der Waals surface area contributed by atoms with Gasteiger partial charge in [0, 0.05) is 22.2 Å². The molecular weight excluding hydrogens is 361 g/mol. The number of nitrogens with two attached hydrogens (primary N) is 1.